The lowest BCUT2D eigenvalue weighted by Gasteiger charge is -2.22. The lowest BCUT2D eigenvalue weighted by molar-refractivity contribution is 0.232. The van der Waals surface area contributed by atoms with Crippen LogP contribution in [0.25, 0.3) is 0 Å². The summed E-state index contributed by atoms with van der Waals surface area (Å²) < 4.78 is 20.4. The van der Waals surface area contributed by atoms with Gasteiger partial charge in [-0.3, -0.25) is 9.69 Å². The van der Waals surface area contributed by atoms with Crippen molar-refractivity contribution in [1.29, 1.82) is 0 Å². The molecule has 0 bridgehead atoms. The van der Waals surface area contributed by atoms with Gasteiger partial charge in [0.25, 0.3) is 5.56 Å². The second-order valence-electron chi connectivity index (χ2n) is 5.89. The molecular formula is C15H21FN6O2. The Morgan fingerprint density at radius 3 is 3.04 bits per heavy atom. The van der Waals surface area contributed by atoms with E-state index in [1.807, 2.05) is 11.8 Å². The van der Waals surface area contributed by atoms with Crippen molar-refractivity contribution in [3.63, 3.8) is 0 Å². The highest BCUT2D eigenvalue weighted by Gasteiger charge is 2.33. The first-order valence-electron chi connectivity index (χ1n) is 8.03. The summed E-state index contributed by atoms with van der Waals surface area (Å²) in [5.74, 6) is 1.32. The van der Waals surface area contributed by atoms with Gasteiger partial charge >= 0.3 is 0 Å². The average Bonchev–Trinajstić information content (AvgIpc) is 3.12. The zero-order valence-electron chi connectivity index (χ0n) is 13.8. The van der Waals surface area contributed by atoms with Gasteiger partial charge in [-0.25, -0.2) is 9.37 Å². The number of nitrogens with zero attached hydrogens (tertiary/aromatic N) is 5. The van der Waals surface area contributed by atoms with E-state index in [9.17, 15) is 9.18 Å². The highest BCUT2D eigenvalue weighted by Crippen LogP contribution is 2.22. The van der Waals surface area contributed by atoms with Crippen LogP contribution in [0.3, 0.4) is 0 Å². The van der Waals surface area contributed by atoms with Gasteiger partial charge in [-0.15, -0.1) is 0 Å². The van der Waals surface area contributed by atoms with Gasteiger partial charge in [0.05, 0.1) is 6.54 Å². The first-order chi connectivity index (χ1) is 11.6. The van der Waals surface area contributed by atoms with Crippen LogP contribution in [0.5, 0.6) is 0 Å². The van der Waals surface area contributed by atoms with Crippen LogP contribution in [-0.2, 0) is 13.1 Å². The minimum absolute atomic E-state index is 0.0599. The van der Waals surface area contributed by atoms with Crippen molar-refractivity contribution in [2.45, 2.75) is 45.6 Å². The third kappa shape index (κ3) is 3.61. The first-order valence-corrected chi connectivity index (χ1v) is 8.03. The molecule has 3 rings (SSSR count). The summed E-state index contributed by atoms with van der Waals surface area (Å²) >= 11 is 0. The van der Waals surface area contributed by atoms with Crippen LogP contribution in [0.1, 0.15) is 25.1 Å². The maximum Gasteiger partial charge on any atom is 0.293 e. The SMILES string of the molecule is CCn1ccnc(NC[C@@H]2C[C@H](F)CN2Cc2noc(C)n2)c1=O. The highest BCUT2D eigenvalue weighted by molar-refractivity contribution is 5.31. The number of nitrogens with one attached hydrogen (secondary N) is 1. The molecule has 1 saturated heterocycles. The quantitative estimate of drug-likeness (QED) is 0.841. The molecule has 2 aromatic heterocycles. The standard InChI is InChI=1S/C15H21FN6O2/c1-3-21-5-4-17-14(15(21)23)18-7-12-6-11(16)8-22(12)9-13-19-10(2)24-20-13/h4-5,11-12H,3,6-9H2,1-2H3,(H,17,18)/t11-,12-/m0/s1. The average molecular weight is 336 g/mol. The third-order valence-electron chi connectivity index (χ3n) is 4.15. The van der Waals surface area contributed by atoms with E-state index < -0.39 is 6.17 Å². The van der Waals surface area contributed by atoms with E-state index in [-0.39, 0.29) is 17.4 Å². The molecule has 8 nitrogen and oxygen atoms in total. The monoisotopic (exact) mass is 336 g/mol. The Balaban J connectivity index is 1.65. The molecule has 1 aliphatic heterocycles. The van der Waals surface area contributed by atoms with Crippen LogP contribution in [-0.4, -0.2) is 49.9 Å². The van der Waals surface area contributed by atoms with Gasteiger partial charge in [-0.1, -0.05) is 5.16 Å². The summed E-state index contributed by atoms with van der Waals surface area (Å²) in [7, 11) is 0. The van der Waals surface area contributed by atoms with Gasteiger partial charge in [0.15, 0.2) is 11.6 Å². The molecule has 2 atom stereocenters. The summed E-state index contributed by atoms with van der Waals surface area (Å²) in [5.41, 5.74) is -0.171. The number of aromatic nitrogens is 4. The molecule has 1 N–H and O–H groups in total. The molecule has 1 fully saturated rings. The molecule has 2 aromatic rings. The number of hydrogen-bond donors (Lipinski definition) is 1. The van der Waals surface area contributed by atoms with E-state index in [0.29, 0.717) is 44.3 Å². The summed E-state index contributed by atoms with van der Waals surface area (Å²) in [6.07, 6.45) is 2.73. The minimum atomic E-state index is -0.902. The Labute approximate surface area is 138 Å². The van der Waals surface area contributed by atoms with Gasteiger partial charge in [0.2, 0.25) is 5.89 Å². The molecule has 24 heavy (non-hydrogen) atoms. The van der Waals surface area contributed by atoms with Crippen LogP contribution >= 0.6 is 0 Å². The smallest absolute Gasteiger partial charge is 0.293 e. The van der Waals surface area contributed by atoms with E-state index in [2.05, 4.69) is 20.4 Å². The second kappa shape index (κ2) is 7.08. The predicted molar refractivity (Wildman–Crippen MR) is 85.4 cm³/mol. The van der Waals surface area contributed by atoms with Crippen molar-refractivity contribution in [1.82, 2.24) is 24.6 Å². The maximum absolute atomic E-state index is 13.8. The Morgan fingerprint density at radius 1 is 1.50 bits per heavy atom. The number of halogens is 1. The normalized spacial score (nSPS) is 21.3. The van der Waals surface area contributed by atoms with Gasteiger partial charge in [-0.05, 0) is 13.3 Å². The summed E-state index contributed by atoms with van der Waals surface area (Å²) in [6.45, 7) is 5.37. The van der Waals surface area contributed by atoms with Crippen LogP contribution in [0.2, 0.25) is 0 Å². The van der Waals surface area contributed by atoms with Gasteiger partial charge in [0, 0.05) is 45.0 Å². The molecule has 130 valence electrons. The van der Waals surface area contributed by atoms with Crippen LogP contribution in [0.4, 0.5) is 10.2 Å². The van der Waals surface area contributed by atoms with E-state index in [1.165, 1.54) is 0 Å². The fraction of sp³-hybridized carbons (Fsp3) is 0.600. The zero-order valence-corrected chi connectivity index (χ0v) is 13.8. The molecule has 0 radical (unpaired) electrons. The molecule has 0 aromatic carbocycles. The number of rotatable bonds is 6. The summed E-state index contributed by atoms with van der Waals surface area (Å²) in [4.78, 5) is 22.4. The number of anilines is 1. The van der Waals surface area contributed by atoms with Crippen LogP contribution < -0.4 is 10.9 Å². The number of alkyl halides is 1. The Hall–Kier alpha value is -2.29. The lowest BCUT2D eigenvalue weighted by Crippen LogP contribution is -2.36. The highest BCUT2D eigenvalue weighted by atomic mass is 19.1. The van der Waals surface area contributed by atoms with Crippen LogP contribution in [0, 0.1) is 6.92 Å². The molecule has 3 heterocycles. The van der Waals surface area contributed by atoms with Crippen molar-refractivity contribution in [3.8, 4) is 0 Å². The van der Waals surface area contributed by atoms with E-state index >= 15 is 0 Å². The third-order valence-corrected chi connectivity index (χ3v) is 4.15. The minimum Gasteiger partial charge on any atom is -0.364 e. The largest absolute Gasteiger partial charge is 0.364 e. The molecule has 9 heteroatoms. The number of aryl methyl sites for hydroxylation is 2. The number of likely N-dealkylation sites (tertiary alicyclic amines) is 1. The molecule has 1 aliphatic rings. The predicted octanol–water partition coefficient (Wildman–Crippen LogP) is 0.979. The second-order valence-corrected chi connectivity index (χ2v) is 5.89. The van der Waals surface area contributed by atoms with E-state index in [4.69, 9.17) is 4.52 Å². The van der Waals surface area contributed by atoms with Crippen LogP contribution in [0.15, 0.2) is 21.7 Å². The molecule has 0 amide bonds. The molecule has 0 spiro atoms. The van der Waals surface area contributed by atoms with Crippen molar-refractivity contribution in [2.24, 2.45) is 0 Å². The lowest BCUT2D eigenvalue weighted by atomic mass is 10.2. The fourth-order valence-corrected chi connectivity index (χ4v) is 2.95. The molecular weight excluding hydrogens is 315 g/mol. The van der Waals surface area contributed by atoms with Gasteiger partial charge in [-0.2, -0.15) is 4.98 Å². The first kappa shape index (κ1) is 16.6. The van der Waals surface area contributed by atoms with E-state index in [0.717, 1.165) is 0 Å². The Bertz CT molecular complexity index is 746. The Morgan fingerprint density at radius 2 is 2.33 bits per heavy atom. The zero-order chi connectivity index (χ0) is 17.1. The summed E-state index contributed by atoms with van der Waals surface area (Å²) in [6, 6.07) is -0.0599. The van der Waals surface area contributed by atoms with Crippen molar-refractivity contribution in [2.75, 3.05) is 18.4 Å². The number of hydrogen-bond acceptors (Lipinski definition) is 7. The topological polar surface area (TPSA) is 89.1 Å². The van der Waals surface area contributed by atoms with Crippen molar-refractivity contribution >= 4 is 5.82 Å². The fourth-order valence-electron chi connectivity index (χ4n) is 2.95. The Kier molecular flexibility index (Phi) is 4.89. The van der Waals surface area contributed by atoms with Gasteiger partial charge < -0.3 is 14.4 Å². The van der Waals surface area contributed by atoms with Gasteiger partial charge in [0.1, 0.15) is 6.17 Å². The molecule has 0 saturated carbocycles. The van der Waals surface area contributed by atoms with E-state index in [1.54, 1.807) is 23.9 Å². The molecule has 0 aliphatic carbocycles. The van der Waals surface area contributed by atoms with Crippen molar-refractivity contribution in [3.05, 3.63) is 34.5 Å². The maximum atomic E-state index is 13.8. The summed E-state index contributed by atoms with van der Waals surface area (Å²) in [5, 5.41) is 6.91. The van der Waals surface area contributed by atoms with Crippen molar-refractivity contribution < 1.29 is 8.91 Å². The molecule has 0 unspecified atom stereocenters.